The molecule has 6 heteroatoms. The third kappa shape index (κ3) is 2.65. The number of nitrogens with zero attached hydrogens (tertiary/aromatic N) is 2. The zero-order valence-electron chi connectivity index (χ0n) is 10.2. The molecule has 1 aromatic carbocycles. The normalized spacial score (nSPS) is 10.3. The Morgan fingerprint density at radius 2 is 2.22 bits per heavy atom. The molecule has 6 nitrogen and oxygen atoms in total. The van der Waals surface area contributed by atoms with Crippen molar-refractivity contribution >= 4 is 11.6 Å². The van der Waals surface area contributed by atoms with Crippen molar-refractivity contribution in [3.05, 3.63) is 41.0 Å². The van der Waals surface area contributed by atoms with Gasteiger partial charge in [0.25, 0.3) is 5.91 Å². The Bertz CT molecular complexity index is 577. The van der Waals surface area contributed by atoms with Crippen LogP contribution in [-0.2, 0) is 6.54 Å². The molecule has 0 fully saturated rings. The molecule has 18 heavy (non-hydrogen) atoms. The number of nitrogens with two attached hydrogens (primary N) is 1. The van der Waals surface area contributed by atoms with Gasteiger partial charge in [-0.25, -0.2) is 0 Å². The molecular formula is C12H14N4O2. The quantitative estimate of drug-likeness (QED) is 0.793. The lowest BCUT2D eigenvalue weighted by molar-refractivity contribution is 0.0946. The highest BCUT2D eigenvalue weighted by Crippen LogP contribution is 2.12. The fourth-order valence-corrected chi connectivity index (χ4v) is 1.45. The van der Waals surface area contributed by atoms with E-state index in [1.807, 2.05) is 6.92 Å². The Balaban J connectivity index is 2.01. The number of amides is 1. The van der Waals surface area contributed by atoms with E-state index in [2.05, 4.69) is 15.5 Å². The van der Waals surface area contributed by atoms with Crippen molar-refractivity contribution in [3.8, 4) is 0 Å². The van der Waals surface area contributed by atoms with Gasteiger partial charge < -0.3 is 15.6 Å². The van der Waals surface area contributed by atoms with E-state index in [-0.39, 0.29) is 12.5 Å². The summed E-state index contributed by atoms with van der Waals surface area (Å²) >= 11 is 0. The Kier molecular flexibility index (Phi) is 3.27. The number of hydrogen-bond donors (Lipinski definition) is 2. The molecule has 0 radical (unpaired) electrons. The van der Waals surface area contributed by atoms with Crippen molar-refractivity contribution < 1.29 is 9.32 Å². The number of carbonyl (C=O) groups excluding carboxylic acids is 1. The summed E-state index contributed by atoms with van der Waals surface area (Å²) in [6.07, 6.45) is 0. The van der Waals surface area contributed by atoms with Gasteiger partial charge in [-0.15, -0.1) is 0 Å². The Morgan fingerprint density at radius 3 is 2.83 bits per heavy atom. The molecule has 0 saturated heterocycles. The first-order valence-electron chi connectivity index (χ1n) is 5.50. The van der Waals surface area contributed by atoms with E-state index < -0.39 is 0 Å². The van der Waals surface area contributed by atoms with E-state index >= 15 is 0 Å². The molecule has 2 rings (SSSR count). The largest absolute Gasteiger partial charge is 0.398 e. The summed E-state index contributed by atoms with van der Waals surface area (Å²) in [5.74, 6) is 0.692. The number of rotatable bonds is 3. The minimum absolute atomic E-state index is 0.202. The average Bonchev–Trinajstić information content (AvgIpc) is 2.75. The summed E-state index contributed by atoms with van der Waals surface area (Å²) in [6, 6.07) is 5.17. The second-order valence-corrected chi connectivity index (χ2v) is 3.99. The van der Waals surface area contributed by atoms with Crippen LogP contribution in [0.3, 0.4) is 0 Å². The Labute approximate surface area is 104 Å². The van der Waals surface area contributed by atoms with Gasteiger partial charge in [0.05, 0.1) is 6.54 Å². The summed E-state index contributed by atoms with van der Waals surface area (Å²) in [5.41, 5.74) is 7.79. The van der Waals surface area contributed by atoms with Gasteiger partial charge in [0.1, 0.15) is 0 Å². The number of carbonyl (C=O) groups is 1. The lowest BCUT2D eigenvalue weighted by atomic mass is 10.1. The first kappa shape index (κ1) is 12.1. The van der Waals surface area contributed by atoms with E-state index in [0.29, 0.717) is 23.0 Å². The molecule has 0 aliphatic carbocycles. The number of anilines is 1. The summed E-state index contributed by atoms with van der Waals surface area (Å²) in [6.45, 7) is 3.81. The van der Waals surface area contributed by atoms with Gasteiger partial charge in [0.2, 0.25) is 5.89 Å². The van der Waals surface area contributed by atoms with Crippen LogP contribution in [0.2, 0.25) is 0 Å². The molecule has 0 bridgehead atoms. The third-order valence-electron chi connectivity index (χ3n) is 2.51. The zero-order valence-corrected chi connectivity index (χ0v) is 10.2. The maximum absolute atomic E-state index is 11.8. The first-order chi connectivity index (χ1) is 8.56. The van der Waals surface area contributed by atoms with Crippen LogP contribution in [0.5, 0.6) is 0 Å². The minimum Gasteiger partial charge on any atom is -0.398 e. The molecule has 3 N–H and O–H groups in total. The average molecular weight is 246 g/mol. The number of nitrogen functional groups attached to an aromatic ring is 1. The first-order valence-corrected chi connectivity index (χ1v) is 5.50. The lowest BCUT2D eigenvalue weighted by Crippen LogP contribution is -2.23. The van der Waals surface area contributed by atoms with Gasteiger partial charge in [0.15, 0.2) is 5.82 Å². The summed E-state index contributed by atoms with van der Waals surface area (Å²) < 4.78 is 4.89. The zero-order chi connectivity index (χ0) is 13.1. The molecule has 0 spiro atoms. The smallest absolute Gasteiger partial charge is 0.251 e. The van der Waals surface area contributed by atoms with Crippen molar-refractivity contribution in [2.45, 2.75) is 20.4 Å². The summed E-state index contributed by atoms with van der Waals surface area (Å²) in [4.78, 5) is 15.8. The van der Waals surface area contributed by atoms with Crippen LogP contribution >= 0.6 is 0 Å². The highest BCUT2D eigenvalue weighted by Gasteiger charge is 2.09. The van der Waals surface area contributed by atoms with Crippen LogP contribution in [0.15, 0.2) is 22.7 Å². The highest BCUT2D eigenvalue weighted by atomic mass is 16.5. The van der Waals surface area contributed by atoms with Gasteiger partial charge in [-0.3, -0.25) is 4.79 Å². The molecule has 1 aromatic heterocycles. The van der Waals surface area contributed by atoms with Crippen LogP contribution in [0, 0.1) is 13.8 Å². The SMILES string of the molecule is Cc1noc(CNC(=O)c2ccc(C)c(N)c2)n1. The van der Waals surface area contributed by atoms with Crippen LogP contribution in [0.1, 0.15) is 27.6 Å². The van der Waals surface area contributed by atoms with Crippen molar-refractivity contribution in [2.24, 2.45) is 0 Å². The van der Waals surface area contributed by atoms with Gasteiger partial charge in [-0.1, -0.05) is 11.2 Å². The summed E-state index contributed by atoms with van der Waals surface area (Å²) in [5, 5.41) is 6.32. The van der Waals surface area contributed by atoms with Crippen molar-refractivity contribution in [1.29, 1.82) is 0 Å². The van der Waals surface area contributed by atoms with Gasteiger partial charge >= 0.3 is 0 Å². The van der Waals surface area contributed by atoms with E-state index in [1.165, 1.54) is 0 Å². The minimum atomic E-state index is -0.224. The predicted molar refractivity (Wildman–Crippen MR) is 65.8 cm³/mol. The molecule has 0 atom stereocenters. The van der Waals surface area contributed by atoms with Crippen LogP contribution in [-0.4, -0.2) is 16.0 Å². The van der Waals surface area contributed by atoms with Gasteiger partial charge in [-0.2, -0.15) is 4.98 Å². The number of aryl methyl sites for hydroxylation is 2. The number of benzene rings is 1. The maximum Gasteiger partial charge on any atom is 0.251 e. The molecule has 0 aliphatic rings. The number of nitrogens with one attached hydrogen (secondary N) is 1. The molecule has 2 aromatic rings. The molecule has 0 aliphatic heterocycles. The van der Waals surface area contributed by atoms with Gasteiger partial charge in [0, 0.05) is 11.3 Å². The monoisotopic (exact) mass is 246 g/mol. The van der Waals surface area contributed by atoms with E-state index in [9.17, 15) is 4.79 Å². The standard InChI is InChI=1S/C12H14N4O2/c1-7-3-4-9(5-10(7)13)12(17)14-6-11-15-8(2)16-18-11/h3-5H,6,13H2,1-2H3,(H,14,17). The van der Waals surface area contributed by atoms with Crippen LogP contribution < -0.4 is 11.1 Å². The third-order valence-corrected chi connectivity index (χ3v) is 2.51. The van der Waals surface area contributed by atoms with E-state index in [4.69, 9.17) is 10.3 Å². The fourth-order valence-electron chi connectivity index (χ4n) is 1.45. The Morgan fingerprint density at radius 1 is 1.44 bits per heavy atom. The second-order valence-electron chi connectivity index (χ2n) is 3.99. The maximum atomic E-state index is 11.8. The van der Waals surface area contributed by atoms with Crippen molar-refractivity contribution in [2.75, 3.05) is 5.73 Å². The fraction of sp³-hybridized carbons (Fsp3) is 0.250. The second kappa shape index (κ2) is 4.87. The molecule has 1 heterocycles. The number of hydrogen-bond acceptors (Lipinski definition) is 5. The van der Waals surface area contributed by atoms with Crippen molar-refractivity contribution in [3.63, 3.8) is 0 Å². The van der Waals surface area contributed by atoms with Crippen LogP contribution in [0.4, 0.5) is 5.69 Å². The van der Waals surface area contributed by atoms with E-state index in [1.54, 1.807) is 25.1 Å². The molecule has 1 amide bonds. The lowest BCUT2D eigenvalue weighted by Gasteiger charge is -2.05. The van der Waals surface area contributed by atoms with E-state index in [0.717, 1.165) is 5.56 Å². The number of aromatic nitrogens is 2. The van der Waals surface area contributed by atoms with Crippen molar-refractivity contribution in [1.82, 2.24) is 15.5 Å². The highest BCUT2D eigenvalue weighted by molar-refractivity contribution is 5.95. The summed E-state index contributed by atoms with van der Waals surface area (Å²) in [7, 11) is 0. The molecule has 94 valence electrons. The molecule has 0 unspecified atom stereocenters. The molecule has 0 saturated carbocycles. The molecular weight excluding hydrogens is 232 g/mol. The van der Waals surface area contributed by atoms with Gasteiger partial charge in [-0.05, 0) is 31.5 Å². The topological polar surface area (TPSA) is 94.0 Å². The predicted octanol–water partition coefficient (Wildman–Crippen LogP) is 1.20. The Hall–Kier alpha value is -2.37. The van der Waals surface area contributed by atoms with Crippen LogP contribution in [0.25, 0.3) is 0 Å².